The molecule has 27 heavy (non-hydrogen) atoms. The molecule has 1 aliphatic rings. The van der Waals surface area contributed by atoms with Crippen LogP contribution in [0.3, 0.4) is 0 Å². The zero-order valence-electron chi connectivity index (χ0n) is 15.1. The number of hydrogen-bond acceptors (Lipinski definition) is 5. The molecular formula is C21H22N4O2. The third-order valence-electron chi connectivity index (χ3n) is 4.85. The number of carbonyl (C=O) groups is 1. The van der Waals surface area contributed by atoms with Gasteiger partial charge in [-0.15, -0.1) is 0 Å². The highest BCUT2D eigenvalue weighted by atomic mass is 16.5. The number of hydrogen-bond donors (Lipinski definition) is 3. The lowest BCUT2D eigenvalue weighted by Crippen LogP contribution is -2.42. The van der Waals surface area contributed by atoms with Crippen molar-refractivity contribution < 1.29 is 9.53 Å². The Bertz CT molecular complexity index is 942. The number of hydrazine groups is 1. The van der Waals surface area contributed by atoms with Crippen molar-refractivity contribution in [1.29, 1.82) is 0 Å². The molecule has 2 heterocycles. The average molecular weight is 362 g/mol. The number of nitrogens with zero attached hydrogens (tertiary/aromatic N) is 1. The first-order chi connectivity index (χ1) is 13.2. The molecule has 3 aromatic rings. The molecule has 3 N–H and O–H groups in total. The van der Waals surface area contributed by atoms with Crippen LogP contribution >= 0.6 is 0 Å². The van der Waals surface area contributed by atoms with Gasteiger partial charge in [0, 0.05) is 24.2 Å². The number of methoxy groups -OCH3 is 1. The van der Waals surface area contributed by atoms with E-state index < -0.39 is 0 Å². The number of amides is 1. The molecule has 2 atom stereocenters. The van der Waals surface area contributed by atoms with E-state index >= 15 is 0 Å². The van der Waals surface area contributed by atoms with Crippen molar-refractivity contribution in [2.24, 2.45) is 0 Å². The molecule has 1 aromatic heterocycles. The predicted molar refractivity (Wildman–Crippen MR) is 104 cm³/mol. The number of aromatic nitrogens is 1. The van der Waals surface area contributed by atoms with Crippen molar-refractivity contribution >= 4 is 16.8 Å². The predicted octanol–water partition coefficient (Wildman–Crippen LogP) is 2.47. The van der Waals surface area contributed by atoms with E-state index in [4.69, 9.17) is 4.74 Å². The second kappa shape index (κ2) is 7.73. The molecule has 0 radical (unpaired) electrons. The zero-order chi connectivity index (χ0) is 18.6. The van der Waals surface area contributed by atoms with Crippen molar-refractivity contribution in [2.45, 2.75) is 25.0 Å². The van der Waals surface area contributed by atoms with Crippen LogP contribution in [0.5, 0.6) is 5.75 Å². The Kier molecular flexibility index (Phi) is 5.00. The number of pyridine rings is 1. The zero-order valence-corrected chi connectivity index (χ0v) is 15.1. The summed E-state index contributed by atoms with van der Waals surface area (Å²) in [7, 11) is 1.65. The van der Waals surface area contributed by atoms with Gasteiger partial charge in [-0.3, -0.25) is 9.78 Å². The molecule has 0 aliphatic carbocycles. The minimum absolute atomic E-state index is 0.0216. The second-order valence-corrected chi connectivity index (χ2v) is 6.66. The summed E-state index contributed by atoms with van der Waals surface area (Å²) in [6.45, 7) is 0.460. The molecular weight excluding hydrogens is 340 g/mol. The Balaban J connectivity index is 1.34. The van der Waals surface area contributed by atoms with Crippen molar-refractivity contribution in [2.75, 3.05) is 7.11 Å². The van der Waals surface area contributed by atoms with Crippen LogP contribution in [0.15, 0.2) is 60.8 Å². The first-order valence-corrected chi connectivity index (χ1v) is 8.99. The van der Waals surface area contributed by atoms with Crippen LogP contribution < -0.4 is 20.9 Å². The number of carbonyl (C=O) groups excluding carboxylic acids is 1. The lowest BCUT2D eigenvalue weighted by atomic mass is 10.0. The van der Waals surface area contributed by atoms with E-state index in [2.05, 4.69) is 27.2 Å². The summed E-state index contributed by atoms with van der Waals surface area (Å²) in [5.41, 5.74) is 9.35. The number of nitrogens with one attached hydrogen (secondary N) is 3. The third-order valence-corrected chi connectivity index (χ3v) is 4.85. The van der Waals surface area contributed by atoms with Gasteiger partial charge >= 0.3 is 0 Å². The highest BCUT2D eigenvalue weighted by molar-refractivity contribution is 5.82. The fourth-order valence-corrected chi connectivity index (χ4v) is 3.31. The normalized spacial score (nSPS) is 19.1. The van der Waals surface area contributed by atoms with Gasteiger partial charge in [-0.2, -0.15) is 0 Å². The molecule has 4 rings (SSSR count). The molecule has 2 unspecified atom stereocenters. The average Bonchev–Trinajstić information content (AvgIpc) is 3.22. The lowest BCUT2D eigenvalue weighted by molar-refractivity contribution is -0.123. The molecule has 1 fully saturated rings. The molecule has 1 saturated heterocycles. The van der Waals surface area contributed by atoms with Crippen LogP contribution in [0, 0.1) is 0 Å². The minimum atomic E-state index is -0.273. The molecule has 6 heteroatoms. The van der Waals surface area contributed by atoms with Crippen LogP contribution in [0.2, 0.25) is 0 Å². The van der Waals surface area contributed by atoms with Gasteiger partial charge < -0.3 is 10.1 Å². The second-order valence-electron chi connectivity index (χ2n) is 6.66. The van der Waals surface area contributed by atoms with Gasteiger partial charge in [-0.05, 0) is 41.8 Å². The van der Waals surface area contributed by atoms with E-state index in [-0.39, 0.29) is 18.0 Å². The Morgan fingerprint density at radius 1 is 1.19 bits per heavy atom. The molecule has 1 amide bonds. The van der Waals surface area contributed by atoms with Gasteiger partial charge in [0.05, 0.1) is 12.6 Å². The first kappa shape index (κ1) is 17.5. The van der Waals surface area contributed by atoms with Crippen molar-refractivity contribution in [3.05, 3.63) is 71.9 Å². The molecule has 6 nitrogen and oxygen atoms in total. The maximum Gasteiger partial charge on any atom is 0.238 e. The minimum Gasteiger partial charge on any atom is -0.497 e. The smallest absolute Gasteiger partial charge is 0.238 e. The van der Waals surface area contributed by atoms with Crippen LogP contribution in [0.1, 0.15) is 23.6 Å². The van der Waals surface area contributed by atoms with E-state index in [9.17, 15) is 4.79 Å². The summed E-state index contributed by atoms with van der Waals surface area (Å²) in [5, 5.41) is 4.07. The van der Waals surface area contributed by atoms with Gasteiger partial charge in [0.25, 0.3) is 0 Å². The van der Waals surface area contributed by atoms with E-state index in [0.29, 0.717) is 13.0 Å². The maximum atomic E-state index is 12.5. The largest absolute Gasteiger partial charge is 0.497 e. The van der Waals surface area contributed by atoms with Crippen LogP contribution in [0.4, 0.5) is 0 Å². The Labute approximate surface area is 157 Å². The van der Waals surface area contributed by atoms with Crippen LogP contribution in [-0.2, 0) is 11.3 Å². The Morgan fingerprint density at radius 3 is 2.81 bits per heavy atom. The third kappa shape index (κ3) is 3.92. The Hall–Kier alpha value is -2.96. The van der Waals surface area contributed by atoms with E-state index in [1.165, 1.54) is 0 Å². The summed E-state index contributed by atoms with van der Waals surface area (Å²) >= 11 is 0. The molecule has 0 spiro atoms. The van der Waals surface area contributed by atoms with E-state index in [0.717, 1.165) is 27.8 Å². The lowest BCUT2D eigenvalue weighted by Gasteiger charge is -2.11. The molecule has 0 saturated carbocycles. The molecule has 0 bridgehead atoms. The van der Waals surface area contributed by atoms with Crippen molar-refractivity contribution in [3.63, 3.8) is 0 Å². The maximum absolute atomic E-state index is 12.5. The highest BCUT2D eigenvalue weighted by Gasteiger charge is 2.29. The van der Waals surface area contributed by atoms with Gasteiger partial charge in [-0.25, -0.2) is 10.9 Å². The van der Waals surface area contributed by atoms with Crippen LogP contribution in [0.25, 0.3) is 10.9 Å². The topological polar surface area (TPSA) is 75.3 Å². The van der Waals surface area contributed by atoms with Gasteiger partial charge in [0.15, 0.2) is 0 Å². The van der Waals surface area contributed by atoms with Crippen molar-refractivity contribution in [3.8, 4) is 5.75 Å². The number of benzene rings is 2. The highest BCUT2D eigenvalue weighted by Crippen LogP contribution is 2.24. The molecule has 2 aromatic carbocycles. The van der Waals surface area contributed by atoms with Gasteiger partial charge in [0.1, 0.15) is 11.8 Å². The number of fused-ring (bicyclic) bond motifs is 1. The summed E-state index contributed by atoms with van der Waals surface area (Å²) in [6, 6.07) is 17.7. The SMILES string of the molecule is COc1ccc(C2CC(C(=O)NCc3cnc4ccccc4c3)NN2)cc1. The van der Waals surface area contributed by atoms with Crippen LogP contribution in [-0.4, -0.2) is 24.0 Å². The number of ether oxygens (including phenoxy) is 1. The Morgan fingerprint density at radius 2 is 2.00 bits per heavy atom. The van der Waals surface area contributed by atoms with Gasteiger partial charge in [-0.1, -0.05) is 30.3 Å². The van der Waals surface area contributed by atoms with E-state index in [1.54, 1.807) is 7.11 Å². The quantitative estimate of drug-likeness (QED) is 0.650. The standard InChI is InChI=1S/C21H22N4O2/c1-27-17-8-6-15(7-9-17)19-11-20(25-24-19)21(26)23-13-14-10-16-4-2-3-5-18(16)22-12-14/h2-10,12,19-20,24-25H,11,13H2,1H3,(H,23,26). The molecule has 138 valence electrons. The molecule has 1 aliphatic heterocycles. The monoisotopic (exact) mass is 362 g/mol. The fraction of sp³-hybridized carbons (Fsp3) is 0.238. The summed E-state index contributed by atoms with van der Waals surface area (Å²) < 4.78 is 5.19. The fourth-order valence-electron chi connectivity index (χ4n) is 3.31. The van der Waals surface area contributed by atoms with E-state index in [1.807, 2.05) is 54.7 Å². The summed E-state index contributed by atoms with van der Waals surface area (Å²) in [5.74, 6) is 0.801. The first-order valence-electron chi connectivity index (χ1n) is 8.99. The number of rotatable bonds is 5. The number of para-hydroxylation sites is 1. The van der Waals surface area contributed by atoms with Crippen molar-refractivity contribution in [1.82, 2.24) is 21.2 Å². The summed E-state index contributed by atoms with van der Waals surface area (Å²) in [4.78, 5) is 16.9. The van der Waals surface area contributed by atoms with Gasteiger partial charge in [0.2, 0.25) is 5.91 Å². The summed E-state index contributed by atoms with van der Waals surface area (Å²) in [6.07, 6.45) is 2.50.